The predicted octanol–water partition coefficient (Wildman–Crippen LogP) is 0.389. The van der Waals surface area contributed by atoms with Gasteiger partial charge in [-0.2, -0.15) is 17.0 Å². The molecule has 0 aromatic heterocycles. The number of amides is 1. The van der Waals surface area contributed by atoms with E-state index in [0.717, 1.165) is 8.61 Å². The molecule has 0 atom stereocenters. The molecule has 1 amide bonds. The van der Waals surface area contributed by atoms with E-state index in [4.69, 9.17) is 9.47 Å². The molecule has 0 radical (unpaired) electrons. The van der Waals surface area contributed by atoms with E-state index in [1.807, 2.05) is 0 Å². The van der Waals surface area contributed by atoms with Crippen LogP contribution < -0.4 is 10.1 Å². The van der Waals surface area contributed by atoms with E-state index in [2.05, 4.69) is 5.32 Å². The van der Waals surface area contributed by atoms with Crippen LogP contribution in [0, 0.1) is 0 Å². The van der Waals surface area contributed by atoms with Crippen LogP contribution in [0.3, 0.4) is 0 Å². The van der Waals surface area contributed by atoms with Crippen molar-refractivity contribution in [3.63, 3.8) is 0 Å². The van der Waals surface area contributed by atoms with Gasteiger partial charge in [-0.05, 0) is 12.1 Å². The summed E-state index contributed by atoms with van der Waals surface area (Å²) in [5.74, 6) is 0.160. The van der Waals surface area contributed by atoms with Crippen LogP contribution in [-0.2, 0) is 19.7 Å². The molecule has 130 valence electrons. The van der Waals surface area contributed by atoms with Gasteiger partial charge in [-0.15, -0.1) is 0 Å². The molecule has 1 rings (SSSR count). The average molecular weight is 345 g/mol. The summed E-state index contributed by atoms with van der Waals surface area (Å²) in [6.07, 6.45) is 0. The number of hydrogen-bond acceptors (Lipinski definition) is 5. The fourth-order valence-corrected chi connectivity index (χ4v) is 2.82. The average Bonchev–Trinajstić information content (AvgIpc) is 2.52. The van der Waals surface area contributed by atoms with Gasteiger partial charge < -0.3 is 14.8 Å². The quantitative estimate of drug-likeness (QED) is 0.699. The highest BCUT2D eigenvalue weighted by molar-refractivity contribution is 7.86. The van der Waals surface area contributed by atoms with Gasteiger partial charge in [-0.25, -0.2) is 0 Å². The molecule has 8 nitrogen and oxygen atoms in total. The lowest BCUT2D eigenvalue weighted by Gasteiger charge is -2.23. The predicted molar refractivity (Wildman–Crippen MR) is 87.7 cm³/mol. The molecule has 0 aliphatic heterocycles. The van der Waals surface area contributed by atoms with E-state index >= 15 is 0 Å². The third kappa shape index (κ3) is 5.79. The fraction of sp³-hybridized carbons (Fsp3) is 0.500. The molecule has 0 aliphatic rings. The second-order valence-electron chi connectivity index (χ2n) is 4.86. The van der Waals surface area contributed by atoms with Gasteiger partial charge in [-0.1, -0.05) is 6.07 Å². The molecule has 0 unspecified atom stereocenters. The van der Waals surface area contributed by atoms with E-state index in [0.29, 0.717) is 11.4 Å². The van der Waals surface area contributed by atoms with Crippen LogP contribution in [0.4, 0.5) is 5.69 Å². The molecular formula is C14H23N3O5S. The number of likely N-dealkylation sites (N-methyl/N-ethyl adjacent to an activating group) is 2. The van der Waals surface area contributed by atoms with Crippen LogP contribution in [0.15, 0.2) is 24.3 Å². The molecule has 1 aromatic carbocycles. The molecule has 0 spiro atoms. The zero-order valence-electron chi connectivity index (χ0n) is 13.8. The first-order chi connectivity index (χ1) is 10.8. The molecule has 0 fully saturated rings. The molecule has 0 aliphatic carbocycles. The Kier molecular flexibility index (Phi) is 7.43. The second-order valence-corrected chi connectivity index (χ2v) is 7.00. The Labute approximate surface area is 137 Å². The lowest BCUT2D eigenvalue weighted by atomic mass is 10.3. The van der Waals surface area contributed by atoms with Crippen molar-refractivity contribution >= 4 is 21.8 Å². The maximum absolute atomic E-state index is 12.2. The SMILES string of the molecule is COCCN(C)S(=O)(=O)N(C)CC(=O)Nc1cccc(OC)c1. The summed E-state index contributed by atoms with van der Waals surface area (Å²) in [5, 5.41) is 2.63. The van der Waals surface area contributed by atoms with Crippen LogP contribution >= 0.6 is 0 Å². The zero-order valence-corrected chi connectivity index (χ0v) is 14.6. The summed E-state index contributed by atoms with van der Waals surface area (Å²) in [6, 6.07) is 6.82. The number of carbonyl (C=O) groups is 1. The van der Waals surface area contributed by atoms with Gasteiger partial charge in [0, 0.05) is 39.5 Å². The van der Waals surface area contributed by atoms with Crippen LogP contribution in [0.25, 0.3) is 0 Å². The summed E-state index contributed by atoms with van der Waals surface area (Å²) in [7, 11) is 2.09. The summed E-state index contributed by atoms with van der Waals surface area (Å²) >= 11 is 0. The van der Waals surface area contributed by atoms with Crippen LogP contribution in [0.5, 0.6) is 5.75 Å². The standard InChI is InChI=1S/C14H23N3O5S/c1-16(8-9-21-3)23(19,20)17(2)11-14(18)15-12-6-5-7-13(10-12)22-4/h5-7,10H,8-9,11H2,1-4H3,(H,15,18). The number of nitrogens with zero attached hydrogens (tertiary/aromatic N) is 2. The van der Waals surface area contributed by atoms with Crippen molar-refractivity contribution in [2.45, 2.75) is 0 Å². The number of hydrogen-bond donors (Lipinski definition) is 1. The Balaban J connectivity index is 2.65. The third-order valence-corrected chi connectivity index (χ3v) is 5.00. The fourth-order valence-electron chi connectivity index (χ4n) is 1.76. The first-order valence-corrected chi connectivity index (χ1v) is 8.31. The van der Waals surface area contributed by atoms with Crippen molar-refractivity contribution in [3.8, 4) is 5.75 Å². The van der Waals surface area contributed by atoms with Gasteiger partial charge in [0.05, 0.1) is 20.3 Å². The molecular weight excluding hydrogens is 322 g/mol. The zero-order chi connectivity index (χ0) is 17.5. The van der Waals surface area contributed by atoms with Crippen LogP contribution in [-0.4, -0.2) is 70.9 Å². The number of anilines is 1. The van der Waals surface area contributed by atoms with Gasteiger partial charge in [0.25, 0.3) is 10.2 Å². The Hall–Kier alpha value is -1.68. The van der Waals surface area contributed by atoms with Crippen molar-refractivity contribution in [1.82, 2.24) is 8.61 Å². The van der Waals surface area contributed by atoms with Crippen LogP contribution in [0.1, 0.15) is 0 Å². The molecule has 0 saturated carbocycles. The minimum Gasteiger partial charge on any atom is -0.497 e. The largest absolute Gasteiger partial charge is 0.497 e. The summed E-state index contributed by atoms with van der Waals surface area (Å²) < 4.78 is 36.5. The second kappa shape index (κ2) is 8.82. The number of methoxy groups -OCH3 is 2. The van der Waals surface area contributed by atoms with Crippen LogP contribution in [0.2, 0.25) is 0 Å². The Bertz CT molecular complexity index is 621. The highest BCUT2D eigenvalue weighted by Gasteiger charge is 2.25. The molecule has 1 N–H and O–H groups in total. The van der Waals surface area contributed by atoms with Gasteiger partial charge in [0.15, 0.2) is 0 Å². The van der Waals surface area contributed by atoms with E-state index in [-0.39, 0.29) is 19.7 Å². The Morgan fingerprint density at radius 3 is 2.52 bits per heavy atom. The van der Waals surface area contributed by atoms with Gasteiger partial charge >= 0.3 is 0 Å². The molecule has 9 heteroatoms. The van der Waals surface area contributed by atoms with Gasteiger partial charge in [0.2, 0.25) is 5.91 Å². The first kappa shape index (κ1) is 19.4. The van der Waals surface area contributed by atoms with Crippen molar-refractivity contribution in [2.24, 2.45) is 0 Å². The third-order valence-electron chi connectivity index (χ3n) is 3.12. The maximum atomic E-state index is 12.2. The number of rotatable bonds is 9. The van der Waals surface area contributed by atoms with E-state index in [1.54, 1.807) is 24.3 Å². The van der Waals surface area contributed by atoms with E-state index in [9.17, 15) is 13.2 Å². The summed E-state index contributed by atoms with van der Waals surface area (Å²) in [4.78, 5) is 12.0. The monoisotopic (exact) mass is 345 g/mol. The van der Waals surface area contributed by atoms with E-state index < -0.39 is 16.1 Å². The van der Waals surface area contributed by atoms with Crippen molar-refractivity contribution in [1.29, 1.82) is 0 Å². The lowest BCUT2D eigenvalue weighted by molar-refractivity contribution is -0.116. The number of benzene rings is 1. The first-order valence-electron chi connectivity index (χ1n) is 6.91. The van der Waals surface area contributed by atoms with Crippen molar-refractivity contribution in [3.05, 3.63) is 24.3 Å². The van der Waals surface area contributed by atoms with Gasteiger partial charge in [-0.3, -0.25) is 4.79 Å². The number of carbonyl (C=O) groups excluding carboxylic acids is 1. The Morgan fingerprint density at radius 1 is 1.22 bits per heavy atom. The van der Waals surface area contributed by atoms with Crippen molar-refractivity contribution in [2.75, 3.05) is 53.3 Å². The maximum Gasteiger partial charge on any atom is 0.282 e. The topological polar surface area (TPSA) is 88.2 Å². The molecule has 0 heterocycles. The van der Waals surface area contributed by atoms with E-state index in [1.165, 1.54) is 28.3 Å². The number of ether oxygens (including phenoxy) is 2. The minimum atomic E-state index is -3.71. The highest BCUT2D eigenvalue weighted by atomic mass is 32.2. The molecule has 23 heavy (non-hydrogen) atoms. The Morgan fingerprint density at radius 2 is 1.91 bits per heavy atom. The number of nitrogens with one attached hydrogen (secondary N) is 1. The van der Waals surface area contributed by atoms with Crippen molar-refractivity contribution < 1.29 is 22.7 Å². The smallest absolute Gasteiger partial charge is 0.282 e. The normalized spacial score (nSPS) is 11.7. The molecule has 1 aromatic rings. The van der Waals surface area contributed by atoms with Gasteiger partial charge in [0.1, 0.15) is 5.75 Å². The highest BCUT2D eigenvalue weighted by Crippen LogP contribution is 2.16. The summed E-state index contributed by atoms with van der Waals surface area (Å²) in [6.45, 7) is 0.192. The molecule has 0 bridgehead atoms. The lowest BCUT2D eigenvalue weighted by Crippen LogP contribution is -2.44. The molecule has 0 saturated heterocycles. The summed E-state index contributed by atoms with van der Waals surface area (Å²) in [5.41, 5.74) is 0.535. The minimum absolute atomic E-state index is 0.209.